The molecule has 0 saturated carbocycles. The van der Waals surface area contributed by atoms with E-state index in [9.17, 15) is 9.59 Å². The van der Waals surface area contributed by atoms with Crippen molar-refractivity contribution in [2.75, 3.05) is 25.0 Å². The summed E-state index contributed by atoms with van der Waals surface area (Å²) in [6.45, 7) is 0.259. The molecule has 1 aromatic rings. The first kappa shape index (κ1) is 12.9. The summed E-state index contributed by atoms with van der Waals surface area (Å²) in [7, 11) is 1.48. The number of aliphatic carboxylic acids is 1. The lowest BCUT2D eigenvalue weighted by atomic mass is 10.1. The lowest BCUT2D eigenvalue weighted by molar-refractivity contribution is -0.149. The second-order valence-corrected chi connectivity index (χ2v) is 4.37. The Labute approximate surface area is 110 Å². The molecule has 0 spiro atoms. The van der Waals surface area contributed by atoms with Crippen LogP contribution in [0.25, 0.3) is 0 Å². The van der Waals surface area contributed by atoms with E-state index in [4.69, 9.17) is 10.4 Å². The van der Waals surface area contributed by atoms with Crippen molar-refractivity contribution < 1.29 is 14.7 Å². The molecule has 0 aromatic heterocycles. The monoisotopic (exact) mass is 259 g/mol. The Balaban J connectivity index is 2.34. The molecule has 1 aliphatic rings. The van der Waals surface area contributed by atoms with Crippen LogP contribution in [0.3, 0.4) is 0 Å². The first-order valence-electron chi connectivity index (χ1n) is 5.77. The minimum absolute atomic E-state index is 0.0823. The second-order valence-electron chi connectivity index (χ2n) is 4.37. The Morgan fingerprint density at radius 2 is 2.16 bits per heavy atom. The zero-order chi connectivity index (χ0) is 14.0. The normalized spacial score (nSPS) is 19.2. The van der Waals surface area contributed by atoms with E-state index >= 15 is 0 Å². The highest BCUT2D eigenvalue weighted by Gasteiger charge is 2.35. The van der Waals surface area contributed by atoms with Gasteiger partial charge in [-0.15, -0.1) is 0 Å². The largest absolute Gasteiger partial charge is 0.480 e. The van der Waals surface area contributed by atoms with Crippen LogP contribution in [0.2, 0.25) is 0 Å². The van der Waals surface area contributed by atoms with Crippen LogP contribution < -0.4 is 4.90 Å². The molecule has 0 radical (unpaired) electrons. The summed E-state index contributed by atoms with van der Waals surface area (Å²) in [4.78, 5) is 25.9. The lowest BCUT2D eigenvalue weighted by Gasteiger charge is -2.38. The standard InChI is InChI=1S/C13H13N3O3/c1-15-11(13(18)19)7-16(8-12(15)17)10-5-3-2-4-9(10)6-14/h2-5,11H,7-8H2,1H3,(H,18,19). The fraction of sp³-hybridized carbons (Fsp3) is 0.308. The topological polar surface area (TPSA) is 84.6 Å². The van der Waals surface area contributed by atoms with E-state index in [1.807, 2.05) is 6.07 Å². The predicted octanol–water partition coefficient (Wildman–Crippen LogP) is 0.290. The highest BCUT2D eigenvalue weighted by atomic mass is 16.4. The summed E-state index contributed by atoms with van der Waals surface area (Å²) < 4.78 is 0. The zero-order valence-electron chi connectivity index (χ0n) is 10.4. The third-order valence-electron chi connectivity index (χ3n) is 3.23. The number of hydrogen-bond acceptors (Lipinski definition) is 4. The number of nitrogens with zero attached hydrogens (tertiary/aromatic N) is 3. The average molecular weight is 259 g/mol. The third kappa shape index (κ3) is 2.36. The number of amides is 1. The van der Waals surface area contributed by atoms with Gasteiger partial charge in [-0.05, 0) is 12.1 Å². The molecule has 19 heavy (non-hydrogen) atoms. The van der Waals surface area contributed by atoms with Crippen LogP contribution in [-0.4, -0.2) is 48.1 Å². The van der Waals surface area contributed by atoms with Gasteiger partial charge in [0.1, 0.15) is 12.1 Å². The fourth-order valence-corrected chi connectivity index (χ4v) is 2.12. The van der Waals surface area contributed by atoms with Crippen molar-refractivity contribution in [3.8, 4) is 6.07 Å². The van der Waals surface area contributed by atoms with Crippen molar-refractivity contribution in [3.63, 3.8) is 0 Å². The van der Waals surface area contributed by atoms with Crippen LogP contribution in [0, 0.1) is 11.3 Å². The molecule has 98 valence electrons. The zero-order valence-corrected chi connectivity index (χ0v) is 10.4. The molecule has 1 N–H and O–H groups in total. The summed E-state index contributed by atoms with van der Waals surface area (Å²) in [5, 5.41) is 18.2. The van der Waals surface area contributed by atoms with Gasteiger partial charge in [0.2, 0.25) is 5.91 Å². The Kier molecular flexibility index (Phi) is 3.38. The van der Waals surface area contributed by atoms with Gasteiger partial charge >= 0.3 is 5.97 Å². The average Bonchev–Trinajstić information content (AvgIpc) is 2.41. The van der Waals surface area contributed by atoms with E-state index in [0.29, 0.717) is 11.3 Å². The summed E-state index contributed by atoms with van der Waals surface area (Å²) in [6.07, 6.45) is 0. The SMILES string of the molecule is CN1C(=O)CN(c2ccccc2C#N)CC1C(=O)O. The number of piperazine rings is 1. The molecule has 1 unspecified atom stereocenters. The van der Waals surface area contributed by atoms with Crippen LogP contribution in [0.15, 0.2) is 24.3 Å². The number of likely N-dealkylation sites (N-methyl/N-ethyl adjacent to an activating group) is 1. The Hall–Kier alpha value is -2.55. The molecule has 1 atom stereocenters. The van der Waals surface area contributed by atoms with Crippen molar-refractivity contribution in [2.24, 2.45) is 0 Å². The van der Waals surface area contributed by atoms with Gasteiger partial charge in [-0.1, -0.05) is 12.1 Å². The van der Waals surface area contributed by atoms with Gasteiger partial charge in [0.25, 0.3) is 0 Å². The molecule has 1 aliphatic heterocycles. The lowest BCUT2D eigenvalue weighted by Crippen LogP contribution is -2.58. The quantitative estimate of drug-likeness (QED) is 0.825. The van der Waals surface area contributed by atoms with E-state index in [1.165, 1.54) is 11.9 Å². The van der Waals surface area contributed by atoms with E-state index < -0.39 is 12.0 Å². The van der Waals surface area contributed by atoms with E-state index in [2.05, 4.69) is 0 Å². The first-order valence-corrected chi connectivity index (χ1v) is 5.77. The van der Waals surface area contributed by atoms with Crippen molar-refractivity contribution in [1.82, 2.24) is 4.90 Å². The van der Waals surface area contributed by atoms with Gasteiger partial charge in [-0.2, -0.15) is 5.26 Å². The van der Waals surface area contributed by atoms with Gasteiger partial charge in [-0.25, -0.2) is 4.79 Å². The molecule has 2 rings (SSSR count). The number of anilines is 1. The number of benzene rings is 1. The predicted molar refractivity (Wildman–Crippen MR) is 67.6 cm³/mol. The van der Waals surface area contributed by atoms with Crippen LogP contribution in [-0.2, 0) is 9.59 Å². The maximum Gasteiger partial charge on any atom is 0.328 e. The molecular weight excluding hydrogens is 246 g/mol. The minimum Gasteiger partial charge on any atom is -0.480 e. The first-order chi connectivity index (χ1) is 9.04. The van der Waals surface area contributed by atoms with Gasteiger partial charge in [0.15, 0.2) is 0 Å². The smallest absolute Gasteiger partial charge is 0.328 e. The highest BCUT2D eigenvalue weighted by molar-refractivity contribution is 5.89. The van der Waals surface area contributed by atoms with Crippen LogP contribution in [0.1, 0.15) is 5.56 Å². The molecule has 1 heterocycles. The van der Waals surface area contributed by atoms with Crippen LogP contribution in [0.5, 0.6) is 0 Å². The molecule has 1 saturated heterocycles. The molecular formula is C13H13N3O3. The number of carbonyl (C=O) groups excluding carboxylic acids is 1. The van der Waals surface area contributed by atoms with Crippen molar-refractivity contribution in [3.05, 3.63) is 29.8 Å². The molecule has 0 bridgehead atoms. The van der Waals surface area contributed by atoms with Crippen molar-refractivity contribution in [1.29, 1.82) is 5.26 Å². The molecule has 1 fully saturated rings. The molecule has 1 amide bonds. The van der Waals surface area contributed by atoms with Gasteiger partial charge in [0.05, 0.1) is 17.8 Å². The second kappa shape index (κ2) is 4.98. The summed E-state index contributed by atoms with van der Waals surface area (Å²) in [6, 6.07) is 8.01. The highest BCUT2D eigenvalue weighted by Crippen LogP contribution is 2.23. The molecule has 1 aromatic carbocycles. The van der Waals surface area contributed by atoms with Crippen LogP contribution in [0.4, 0.5) is 5.69 Å². The third-order valence-corrected chi connectivity index (χ3v) is 3.23. The van der Waals surface area contributed by atoms with Crippen molar-refractivity contribution in [2.45, 2.75) is 6.04 Å². The number of nitriles is 1. The summed E-state index contributed by atoms with van der Waals surface area (Å²) in [5.41, 5.74) is 1.03. The Morgan fingerprint density at radius 3 is 2.79 bits per heavy atom. The Morgan fingerprint density at radius 1 is 1.47 bits per heavy atom. The molecule has 0 aliphatic carbocycles. The number of carbonyl (C=O) groups is 2. The maximum atomic E-state index is 11.8. The summed E-state index contributed by atoms with van der Waals surface area (Å²) in [5.74, 6) is -1.32. The van der Waals surface area contributed by atoms with E-state index in [0.717, 1.165) is 0 Å². The van der Waals surface area contributed by atoms with Gasteiger partial charge in [-0.3, -0.25) is 4.79 Å². The van der Waals surface area contributed by atoms with Crippen molar-refractivity contribution >= 4 is 17.6 Å². The fourth-order valence-electron chi connectivity index (χ4n) is 2.12. The number of carboxylic acid groups (broad SMARTS) is 1. The molecule has 6 nitrogen and oxygen atoms in total. The van der Waals surface area contributed by atoms with Gasteiger partial charge < -0.3 is 14.9 Å². The number of rotatable bonds is 2. The maximum absolute atomic E-state index is 11.8. The molecule has 6 heteroatoms. The Bertz CT molecular complexity index is 564. The van der Waals surface area contributed by atoms with E-state index in [1.54, 1.807) is 29.2 Å². The number of carboxylic acids is 1. The van der Waals surface area contributed by atoms with Crippen LogP contribution >= 0.6 is 0 Å². The van der Waals surface area contributed by atoms with E-state index in [-0.39, 0.29) is 19.0 Å². The minimum atomic E-state index is -1.05. The van der Waals surface area contributed by atoms with Gasteiger partial charge in [0, 0.05) is 13.6 Å². The number of para-hydroxylation sites is 1. The number of hydrogen-bond donors (Lipinski definition) is 1. The summed E-state index contributed by atoms with van der Waals surface area (Å²) >= 11 is 0.